The molecule has 3 aliphatic heterocycles. The second-order valence-electron chi connectivity index (χ2n) is 7.01. The van der Waals surface area contributed by atoms with Crippen molar-refractivity contribution in [1.29, 1.82) is 0 Å². The number of thioether (sulfide) groups is 1. The maximum atomic E-state index is 12.2. The molecule has 0 saturated carbocycles. The number of aryl methyl sites for hydroxylation is 2. The van der Waals surface area contributed by atoms with E-state index in [4.69, 9.17) is 9.47 Å². The topological polar surface area (TPSA) is 149 Å². The summed E-state index contributed by atoms with van der Waals surface area (Å²) in [4.78, 5) is 39.1. The first-order chi connectivity index (χ1) is 15.0. The number of nitrogens with zero attached hydrogens (tertiary/aromatic N) is 4. The zero-order valence-electron chi connectivity index (χ0n) is 17.5. The number of fused-ring (bicyclic) bond motifs is 3. The summed E-state index contributed by atoms with van der Waals surface area (Å²) in [5.74, 6) is -0.671. The van der Waals surface area contributed by atoms with Gasteiger partial charge in [-0.2, -0.15) is 0 Å². The lowest BCUT2D eigenvalue weighted by atomic mass is 10.4. The van der Waals surface area contributed by atoms with Gasteiger partial charge in [-0.1, -0.05) is 11.8 Å². The van der Waals surface area contributed by atoms with E-state index in [2.05, 4.69) is 15.6 Å². The van der Waals surface area contributed by atoms with Gasteiger partial charge in [-0.3, -0.25) is 13.9 Å². The van der Waals surface area contributed by atoms with Gasteiger partial charge in [0.2, 0.25) is 0 Å². The van der Waals surface area contributed by atoms with E-state index in [1.54, 1.807) is 4.57 Å². The fourth-order valence-electron chi connectivity index (χ4n) is 3.26. The predicted octanol–water partition coefficient (Wildman–Crippen LogP) is -4.06. The zero-order chi connectivity index (χ0) is 22.2. The van der Waals surface area contributed by atoms with Crippen molar-refractivity contribution >= 4 is 28.9 Å². The number of imidazole rings is 1. The Hall–Kier alpha value is -2.19. The second-order valence-corrected chi connectivity index (χ2v) is 8.07. The molecule has 0 bridgehead atoms. The minimum atomic E-state index is -1.48. The van der Waals surface area contributed by atoms with Crippen LogP contribution in [0, 0.1) is 0 Å². The number of carboxylic acid groups (broad SMARTS) is 1. The van der Waals surface area contributed by atoms with E-state index in [1.807, 2.05) is 0 Å². The molecule has 0 aliphatic carbocycles. The minimum Gasteiger partial charge on any atom is -0.548 e. The van der Waals surface area contributed by atoms with E-state index in [1.165, 1.54) is 23.4 Å². The van der Waals surface area contributed by atoms with Gasteiger partial charge in [0.1, 0.15) is 0 Å². The fraction of sp³-hybridized carbons (Fsp3) is 0.667. The normalized spacial score (nSPS) is 17.8. The first-order valence-corrected chi connectivity index (χ1v) is 11.2. The van der Waals surface area contributed by atoms with Gasteiger partial charge in [0.25, 0.3) is 5.56 Å². The summed E-state index contributed by atoms with van der Waals surface area (Å²) in [6, 6.07) is 0. The van der Waals surface area contributed by atoms with Gasteiger partial charge in [-0.05, 0) is 0 Å². The molecule has 0 unspecified atom stereocenters. The highest BCUT2D eigenvalue weighted by molar-refractivity contribution is 7.99. The smallest absolute Gasteiger partial charge is 0.332 e. The summed E-state index contributed by atoms with van der Waals surface area (Å²) in [5.41, 5.74) is -0.790. The number of nitrogens with two attached hydrogens (primary N) is 1. The van der Waals surface area contributed by atoms with Crippen LogP contribution < -0.4 is 27.0 Å². The number of morpholine rings is 2. The zero-order valence-corrected chi connectivity index (χ0v) is 18.3. The van der Waals surface area contributed by atoms with Crippen molar-refractivity contribution in [2.24, 2.45) is 7.05 Å². The number of aliphatic carboxylic acids is 1. The van der Waals surface area contributed by atoms with E-state index < -0.39 is 23.8 Å². The van der Waals surface area contributed by atoms with Crippen molar-refractivity contribution in [2.45, 2.75) is 18.2 Å². The molecule has 172 valence electrons. The molecule has 3 aliphatic rings. The fourth-order valence-corrected chi connectivity index (χ4v) is 4.21. The molecule has 0 spiro atoms. The predicted molar refractivity (Wildman–Crippen MR) is 111 cm³/mol. The van der Waals surface area contributed by atoms with Crippen LogP contribution in [0.3, 0.4) is 0 Å². The SMILES string of the molecule is C1COCCN1.C1COCC[NH2+]1.Cn1c(=O)n(CC(=O)[O-])c(=O)c2c1nc1n2CCS1. The van der Waals surface area contributed by atoms with Gasteiger partial charge in [0.15, 0.2) is 16.3 Å². The highest BCUT2D eigenvalue weighted by atomic mass is 32.2. The van der Waals surface area contributed by atoms with E-state index in [9.17, 15) is 19.5 Å². The number of nitrogens with one attached hydrogen (secondary N) is 1. The van der Waals surface area contributed by atoms with Gasteiger partial charge in [0.05, 0.1) is 52.0 Å². The number of aromatic nitrogens is 4. The largest absolute Gasteiger partial charge is 0.548 e. The summed E-state index contributed by atoms with van der Waals surface area (Å²) in [6.07, 6.45) is 0. The summed E-state index contributed by atoms with van der Waals surface area (Å²) < 4.78 is 13.6. The number of hydrogen-bond acceptors (Lipinski definition) is 9. The average molecular weight is 457 g/mol. The van der Waals surface area contributed by atoms with Crippen LogP contribution in [0.5, 0.6) is 0 Å². The maximum Gasteiger partial charge on any atom is 0.332 e. The second kappa shape index (κ2) is 11.4. The van der Waals surface area contributed by atoms with Gasteiger partial charge in [-0.25, -0.2) is 9.78 Å². The maximum absolute atomic E-state index is 12.2. The lowest BCUT2D eigenvalue weighted by Crippen LogP contribution is -2.87. The summed E-state index contributed by atoms with van der Waals surface area (Å²) >= 11 is 1.50. The van der Waals surface area contributed by atoms with Crippen molar-refractivity contribution in [1.82, 2.24) is 24.0 Å². The quantitative estimate of drug-likeness (QED) is 0.460. The molecule has 0 radical (unpaired) electrons. The van der Waals surface area contributed by atoms with Crippen LogP contribution in [0.4, 0.5) is 0 Å². The summed E-state index contributed by atoms with van der Waals surface area (Å²) in [5, 5.41) is 16.7. The van der Waals surface area contributed by atoms with Crippen molar-refractivity contribution in [3.8, 4) is 0 Å². The molecule has 2 fully saturated rings. The average Bonchev–Trinajstić information content (AvgIpc) is 3.40. The van der Waals surface area contributed by atoms with Crippen molar-refractivity contribution in [2.75, 3.05) is 58.4 Å². The van der Waals surface area contributed by atoms with Crippen molar-refractivity contribution in [3.05, 3.63) is 20.8 Å². The molecular weight excluding hydrogens is 428 g/mol. The number of carbonyl (C=O) groups is 1. The Bertz CT molecular complexity index is 973. The number of carbonyl (C=O) groups excluding carboxylic acids is 1. The van der Waals surface area contributed by atoms with Crippen LogP contribution in [0.25, 0.3) is 11.2 Å². The molecule has 2 saturated heterocycles. The number of quaternary nitrogens is 1. The number of rotatable bonds is 2. The Kier molecular flexibility index (Phi) is 8.66. The van der Waals surface area contributed by atoms with Crippen LogP contribution in [-0.4, -0.2) is 83.0 Å². The molecule has 5 heterocycles. The molecule has 31 heavy (non-hydrogen) atoms. The number of hydrogen-bond donors (Lipinski definition) is 2. The lowest BCUT2D eigenvalue weighted by molar-refractivity contribution is -0.670. The molecular formula is C18H28N6O6S. The third-order valence-electron chi connectivity index (χ3n) is 4.81. The molecule has 3 N–H and O–H groups in total. The van der Waals surface area contributed by atoms with Gasteiger partial charge in [0, 0.05) is 32.4 Å². The van der Waals surface area contributed by atoms with Crippen molar-refractivity contribution in [3.63, 3.8) is 0 Å². The van der Waals surface area contributed by atoms with Crippen LogP contribution in [0.15, 0.2) is 14.7 Å². The first kappa shape index (κ1) is 23.5. The van der Waals surface area contributed by atoms with Gasteiger partial charge >= 0.3 is 5.69 Å². The molecule has 2 aromatic rings. The lowest BCUT2D eigenvalue weighted by Gasteiger charge is -2.10. The molecule has 0 aromatic carbocycles. The molecule has 0 atom stereocenters. The van der Waals surface area contributed by atoms with Gasteiger partial charge in [-0.15, -0.1) is 0 Å². The van der Waals surface area contributed by atoms with E-state index >= 15 is 0 Å². The molecule has 0 amide bonds. The van der Waals surface area contributed by atoms with Crippen molar-refractivity contribution < 1.29 is 24.7 Å². The Balaban J connectivity index is 0.000000184. The summed E-state index contributed by atoms with van der Waals surface area (Å²) in [6.45, 7) is 7.89. The Morgan fingerprint density at radius 3 is 2.35 bits per heavy atom. The standard InChI is InChI=1S/C10H10N4O4S.2C4H9NO/c1-12-7-6(13-2-3-19-9(13)11-7)8(17)14(10(12)18)4-5(15)16;2*1-3-6-4-2-5-1/h2-4H2,1H3,(H,15,16);2*5H,1-4H2. The molecule has 5 rings (SSSR count). The Labute approximate surface area is 182 Å². The minimum absolute atomic E-state index is 0.267. The highest BCUT2D eigenvalue weighted by Gasteiger charge is 2.23. The third kappa shape index (κ3) is 5.95. The molecule has 13 heteroatoms. The molecule has 12 nitrogen and oxygen atoms in total. The highest BCUT2D eigenvalue weighted by Crippen LogP contribution is 2.27. The van der Waals surface area contributed by atoms with Crippen LogP contribution in [0.2, 0.25) is 0 Å². The monoisotopic (exact) mass is 456 g/mol. The van der Waals surface area contributed by atoms with E-state index in [0.29, 0.717) is 16.3 Å². The van der Waals surface area contributed by atoms with E-state index in [-0.39, 0.29) is 11.2 Å². The Morgan fingerprint density at radius 1 is 1.19 bits per heavy atom. The van der Waals surface area contributed by atoms with Crippen LogP contribution in [-0.2, 0) is 34.4 Å². The van der Waals surface area contributed by atoms with Crippen LogP contribution >= 0.6 is 11.8 Å². The first-order valence-electron chi connectivity index (χ1n) is 10.2. The summed E-state index contributed by atoms with van der Waals surface area (Å²) in [7, 11) is 1.46. The number of ether oxygens (including phenoxy) is 2. The van der Waals surface area contributed by atoms with E-state index in [0.717, 1.165) is 58.4 Å². The van der Waals surface area contributed by atoms with Crippen LogP contribution in [0.1, 0.15) is 0 Å². The molecule has 2 aromatic heterocycles. The Morgan fingerprint density at radius 2 is 1.87 bits per heavy atom. The number of carboxylic acids is 1. The third-order valence-corrected chi connectivity index (χ3v) is 5.77. The van der Waals surface area contributed by atoms with Gasteiger partial charge < -0.3 is 34.6 Å².